The third-order valence-electron chi connectivity index (χ3n) is 2.76. The van der Waals surface area contributed by atoms with E-state index in [1.165, 1.54) is 0 Å². The van der Waals surface area contributed by atoms with Gasteiger partial charge in [0.05, 0.1) is 11.7 Å². The van der Waals surface area contributed by atoms with Crippen LogP contribution < -0.4 is 11.1 Å². The molecule has 0 fully saturated rings. The zero-order chi connectivity index (χ0) is 12.4. The highest BCUT2D eigenvalue weighted by atomic mass is 16.3. The Morgan fingerprint density at radius 3 is 2.76 bits per heavy atom. The molecule has 0 spiro atoms. The van der Waals surface area contributed by atoms with Gasteiger partial charge in [0.15, 0.2) is 0 Å². The number of nitrogens with two attached hydrogens (primary N) is 1. The molecule has 0 amide bonds. The first kappa shape index (κ1) is 11.5. The van der Waals surface area contributed by atoms with Gasteiger partial charge in [-0.1, -0.05) is 0 Å². The molecule has 0 aliphatic carbocycles. The first-order chi connectivity index (χ1) is 8.08. The van der Waals surface area contributed by atoms with E-state index in [2.05, 4.69) is 17.2 Å². The van der Waals surface area contributed by atoms with Gasteiger partial charge in [0.2, 0.25) is 0 Å². The molecule has 2 aromatic rings. The Hall–Kier alpha value is -1.97. The third kappa shape index (κ3) is 2.41. The minimum absolute atomic E-state index is 0.138. The molecule has 4 nitrogen and oxygen atoms in total. The van der Waals surface area contributed by atoms with E-state index in [4.69, 9.17) is 10.2 Å². The minimum atomic E-state index is 0.138. The first-order valence-corrected chi connectivity index (χ1v) is 5.62. The Labute approximate surface area is 101 Å². The number of aryl methyl sites for hydroxylation is 2. The van der Waals surface area contributed by atoms with Crippen LogP contribution in [0.1, 0.15) is 30.0 Å². The number of nitrogens with one attached hydrogen (secondary N) is 1. The Balaban J connectivity index is 2.20. The minimum Gasteiger partial charge on any atom is -0.466 e. The number of pyridine rings is 1. The van der Waals surface area contributed by atoms with Crippen LogP contribution in [0.25, 0.3) is 0 Å². The van der Waals surface area contributed by atoms with E-state index in [-0.39, 0.29) is 6.04 Å². The molecular weight excluding hydrogens is 214 g/mol. The molecule has 17 heavy (non-hydrogen) atoms. The van der Waals surface area contributed by atoms with Gasteiger partial charge in [-0.15, -0.1) is 0 Å². The van der Waals surface area contributed by atoms with E-state index in [0.29, 0.717) is 5.82 Å². The number of nitrogens with zero attached hydrogens (tertiary/aromatic N) is 1. The van der Waals surface area contributed by atoms with Gasteiger partial charge >= 0.3 is 0 Å². The predicted molar refractivity (Wildman–Crippen MR) is 68.9 cm³/mol. The van der Waals surface area contributed by atoms with Crippen molar-refractivity contribution < 1.29 is 4.42 Å². The monoisotopic (exact) mass is 231 g/mol. The lowest BCUT2D eigenvalue weighted by Crippen LogP contribution is -2.09. The maximum atomic E-state index is 5.79. The predicted octanol–water partition coefficient (Wildman–Crippen LogP) is 3.05. The van der Waals surface area contributed by atoms with Gasteiger partial charge in [-0.3, -0.25) is 0 Å². The Morgan fingerprint density at radius 1 is 1.41 bits per heavy atom. The highest BCUT2D eigenvalue weighted by Gasteiger charge is 2.13. The Morgan fingerprint density at radius 2 is 2.18 bits per heavy atom. The average molecular weight is 231 g/mol. The number of nitrogen functional groups attached to an aromatic ring is 1. The van der Waals surface area contributed by atoms with Crippen molar-refractivity contribution in [1.82, 2.24) is 4.98 Å². The summed E-state index contributed by atoms with van der Waals surface area (Å²) in [7, 11) is 0. The fourth-order valence-electron chi connectivity index (χ4n) is 1.93. The summed E-state index contributed by atoms with van der Waals surface area (Å²) in [5.74, 6) is 2.37. The Kier molecular flexibility index (Phi) is 3.04. The fourth-order valence-corrected chi connectivity index (χ4v) is 1.93. The van der Waals surface area contributed by atoms with Gasteiger partial charge in [-0.2, -0.15) is 0 Å². The van der Waals surface area contributed by atoms with Crippen molar-refractivity contribution in [2.75, 3.05) is 11.1 Å². The molecule has 2 rings (SSSR count). The molecule has 0 radical (unpaired) electrons. The summed E-state index contributed by atoms with van der Waals surface area (Å²) in [6.07, 6.45) is 1.68. The summed E-state index contributed by atoms with van der Waals surface area (Å²) >= 11 is 0. The maximum Gasteiger partial charge on any atom is 0.146 e. The lowest BCUT2D eigenvalue weighted by molar-refractivity contribution is 0.500. The largest absolute Gasteiger partial charge is 0.466 e. The molecule has 4 heteroatoms. The molecule has 0 bridgehead atoms. The summed E-state index contributed by atoms with van der Waals surface area (Å²) < 4.78 is 5.52. The maximum absolute atomic E-state index is 5.79. The summed E-state index contributed by atoms with van der Waals surface area (Å²) in [6.45, 7) is 5.98. The van der Waals surface area contributed by atoms with Gasteiger partial charge in [-0.25, -0.2) is 4.98 Å². The lowest BCUT2D eigenvalue weighted by atomic mass is 10.1. The lowest BCUT2D eigenvalue weighted by Gasteiger charge is -2.15. The number of rotatable bonds is 3. The van der Waals surface area contributed by atoms with Gasteiger partial charge in [0.1, 0.15) is 17.3 Å². The van der Waals surface area contributed by atoms with Crippen LogP contribution in [0, 0.1) is 13.8 Å². The van der Waals surface area contributed by atoms with Crippen LogP contribution in [-0.4, -0.2) is 4.98 Å². The second-order valence-electron chi connectivity index (χ2n) is 4.17. The van der Waals surface area contributed by atoms with E-state index in [0.717, 1.165) is 22.8 Å². The molecule has 2 heterocycles. The smallest absolute Gasteiger partial charge is 0.146 e. The second kappa shape index (κ2) is 4.49. The number of furan rings is 1. The van der Waals surface area contributed by atoms with Crippen molar-refractivity contribution in [3.63, 3.8) is 0 Å². The number of anilines is 2. The first-order valence-electron chi connectivity index (χ1n) is 5.62. The van der Waals surface area contributed by atoms with Crippen LogP contribution >= 0.6 is 0 Å². The zero-order valence-electron chi connectivity index (χ0n) is 10.3. The molecule has 0 saturated heterocycles. The number of hydrogen-bond acceptors (Lipinski definition) is 4. The molecule has 1 unspecified atom stereocenters. The number of aromatic nitrogens is 1. The van der Waals surface area contributed by atoms with Gasteiger partial charge < -0.3 is 15.5 Å². The molecule has 0 aliphatic rings. The quantitative estimate of drug-likeness (QED) is 0.852. The molecular formula is C13H17N3O. The molecule has 3 N–H and O–H groups in total. The van der Waals surface area contributed by atoms with Gasteiger partial charge in [0, 0.05) is 11.8 Å². The van der Waals surface area contributed by atoms with Crippen LogP contribution in [-0.2, 0) is 0 Å². The number of hydrogen-bond donors (Lipinski definition) is 2. The SMILES string of the molecule is Cc1cc(C(C)Nc2cccnc2N)c(C)o1. The summed E-state index contributed by atoms with van der Waals surface area (Å²) in [5, 5.41) is 3.33. The van der Waals surface area contributed by atoms with Crippen molar-refractivity contribution in [1.29, 1.82) is 0 Å². The molecule has 2 aromatic heterocycles. The average Bonchev–Trinajstić information content (AvgIpc) is 2.61. The molecule has 90 valence electrons. The van der Waals surface area contributed by atoms with Crippen LogP contribution in [0.4, 0.5) is 11.5 Å². The summed E-state index contributed by atoms with van der Waals surface area (Å²) in [4.78, 5) is 4.05. The van der Waals surface area contributed by atoms with E-state index < -0.39 is 0 Å². The summed E-state index contributed by atoms with van der Waals surface area (Å²) in [5.41, 5.74) is 7.78. The van der Waals surface area contributed by atoms with Gasteiger partial charge in [0.25, 0.3) is 0 Å². The van der Waals surface area contributed by atoms with Crippen LogP contribution in [0.15, 0.2) is 28.8 Å². The standard InChI is InChI=1S/C13H17N3O/c1-8-7-11(10(3)17-8)9(2)16-12-5-4-6-15-13(12)14/h4-7,9,16H,1-3H3,(H2,14,15). The van der Waals surface area contributed by atoms with Crippen LogP contribution in [0.3, 0.4) is 0 Å². The normalized spacial score (nSPS) is 12.4. The van der Waals surface area contributed by atoms with E-state index in [1.54, 1.807) is 6.20 Å². The van der Waals surface area contributed by atoms with Crippen molar-refractivity contribution in [2.24, 2.45) is 0 Å². The van der Waals surface area contributed by atoms with E-state index in [9.17, 15) is 0 Å². The third-order valence-corrected chi connectivity index (χ3v) is 2.76. The van der Waals surface area contributed by atoms with Crippen LogP contribution in [0.2, 0.25) is 0 Å². The van der Waals surface area contributed by atoms with E-state index in [1.807, 2.05) is 32.0 Å². The van der Waals surface area contributed by atoms with Crippen molar-refractivity contribution in [2.45, 2.75) is 26.8 Å². The molecule has 0 saturated carbocycles. The van der Waals surface area contributed by atoms with Crippen LogP contribution in [0.5, 0.6) is 0 Å². The van der Waals surface area contributed by atoms with Crippen molar-refractivity contribution >= 4 is 11.5 Å². The molecule has 0 aromatic carbocycles. The zero-order valence-corrected chi connectivity index (χ0v) is 10.3. The fraction of sp³-hybridized carbons (Fsp3) is 0.308. The Bertz CT molecular complexity index is 519. The van der Waals surface area contributed by atoms with Crippen molar-refractivity contribution in [3.8, 4) is 0 Å². The van der Waals surface area contributed by atoms with Crippen molar-refractivity contribution in [3.05, 3.63) is 41.5 Å². The molecule has 0 aliphatic heterocycles. The summed E-state index contributed by atoms with van der Waals surface area (Å²) in [6, 6.07) is 5.96. The van der Waals surface area contributed by atoms with Gasteiger partial charge in [-0.05, 0) is 39.0 Å². The molecule has 1 atom stereocenters. The highest BCUT2D eigenvalue weighted by Crippen LogP contribution is 2.26. The topological polar surface area (TPSA) is 64.1 Å². The highest BCUT2D eigenvalue weighted by molar-refractivity contribution is 5.61. The second-order valence-corrected chi connectivity index (χ2v) is 4.17. The van der Waals surface area contributed by atoms with E-state index >= 15 is 0 Å².